The Hall–Kier alpha value is -0.760. The van der Waals surface area contributed by atoms with Gasteiger partial charge in [0.2, 0.25) is 0 Å². The first-order valence-electron chi connectivity index (χ1n) is 15.7. The lowest BCUT2D eigenvalue weighted by atomic mass is 9.32. The van der Waals surface area contributed by atoms with Crippen molar-refractivity contribution < 1.29 is 38.6 Å². The minimum Gasteiger partial charge on any atom is -0.461 e. The van der Waals surface area contributed by atoms with Crippen molar-refractivity contribution in [2.45, 2.75) is 118 Å². The Labute approximate surface area is 245 Å². The van der Waals surface area contributed by atoms with Gasteiger partial charge >= 0.3 is 13.8 Å². The summed E-state index contributed by atoms with van der Waals surface area (Å²) in [6.07, 6.45) is 7.34. The first kappa shape index (κ1) is 31.7. The maximum absolute atomic E-state index is 12.1. The van der Waals surface area contributed by atoms with Crippen molar-refractivity contribution in [3.63, 3.8) is 0 Å². The molecule has 5 rings (SSSR count). The zero-order chi connectivity index (χ0) is 30.4. The summed E-state index contributed by atoms with van der Waals surface area (Å²) in [5, 5.41) is 18.7. The minimum atomic E-state index is -4.57. The molecule has 41 heavy (non-hydrogen) atoms. The normalized spacial score (nSPS) is 47.1. The number of phosphoric ester groups is 1. The number of hydrogen-bond acceptors (Lipinski definition) is 6. The van der Waals surface area contributed by atoms with Crippen LogP contribution in [0.5, 0.6) is 0 Å². The second-order valence-corrected chi connectivity index (χ2v) is 17.2. The Morgan fingerprint density at radius 2 is 1.59 bits per heavy atom. The number of fused-ring (bicyclic) bond motifs is 7. The summed E-state index contributed by atoms with van der Waals surface area (Å²) in [7, 11) is -4.57. The quantitative estimate of drug-likeness (QED) is 0.127. The lowest BCUT2D eigenvalue weighted by Gasteiger charge is -2.73. The molecule has 0 aliphatic heterocycles. The van der Waals surface area contributed by atoms with E-state index in [4.69, 9.17) is 9.26 Å². The van der Waals surface area contributed by atoms with Crippen LogP contribution in [0.2, 0.25) is 0 Å². The summed E-state index contributed by atoms with van der Waals surface area (Å²) >= 11 is 0. The van der Waals surface area contributed by atoms with E-state index in [1.54, 1.807) is 0 Å². The van der Waals surface area contributed by atoms with Crippen molar-refractivity contribution in [2.24, 2.45) is 56.7 Å². The van der Waals surface area contributed by atoms with Crippen LogP contribution in [0.1, 0.15) is 106 Å². The van der Waals surface area contributed by atoms with Crippen molar-refractivity contribution in [3.8, 4) is 0 Å². The predicted molar refractivity (Wildman–Crippen MR) is 155 cm³/mol. The highest BCUT2D eigenvalue weighted by atomic mass is 31.2. The fourth-order valence-corrected chi connectivity index (χ4v) is 12.9. The van der Waals surface area contributed by atoms with Crippen molar-refractivity contribution in [2.75, 3.05) is 6.61 Å². The van der Waals surface area contributed by atoms with Crippen molar-refractivity contribution in [1.82, 2.24) is 0 Å². The second kappa shape index (κ2) is 10.1. The Kier molecular flexibility index (Phi) is 7.83. The van der Waals surface area contributed by atoms with Gasteiger partial charge in [-0.05, 0) is 122 Å². The predicted octanol–water partition coefficient (Wildman–Crippen LogP) is 5.98. The molecule has 0 aromatic rings. The fourth-order valence-electron chi connectivity index (χ4n) is 12.2. The van der Waals surface area contributed by atoms with Crippen LogP contribution in [0, 0.1) is 56.7 Å². The third-order valence-corrected chi connectivity index (χ3v) is 14.7. The van der Waals surface area contributed by atoms with Gasteiger partial charge in [0.25, 0.3) is 6.29 Å². The number of phosphoric acid groups is 1. The molecular formula is C32H53O8P. The highest BCUT2D eigenvalue weighted by molar-refractivity contribution is 7.46. The van der Waals surface area contributed by atoms with E-state index in [-0.39, 0.29) is 33.7 Å². The van der Waals surface area contributed by atoms with E-state index in [1.165, 1.54) is 5.57 Å². The van der Waals surface area contributed by atoms with Gasteiger partial charge in [0, 0.05) is 5.41 Å². The maximum atomic E-state index is 12.1. The molecule has 10 atom stereocenters. The molecular weight excluding hydrogens is 543 g/mol. The van der Waals surface area contributed by atoms with Crippen molar-refractivity contribution in [1.29, 1.82) is 0 Å². The molecule has 9 heteroatoms. The molecule has 8 nitrogen and oxygen atoms in total. The zero-order valence-electron chi connectivity index (χ0n) is 25.9. The molecule has 0 spiro atoms. The number of carbonyl (C=O) groups is 1. The number of rotatable bonds is 6. The highest BCUT2D eigenvalue weighted by Crippen LogP contribution is 2.77. The Morgan fingerprint density at radius 1 is 0.902 bits per heavy atom. The van der Waals surface area contributed by atoms with E-state index < -0.39 is 26.2 Å². The first-order valence-corrected chi connectivity index (χ1v) is 17.3. The topological polar surface area (TPSA) is 134 Å². The second-order valence-electron chi connectivity index (χ2n) is 16.0. The van der Waals surface area contributed by atoms with E-state index in [1.807, 2.05) is 0 Å². The molecule has 5 aliphatic rings. The summed E-state index contributed by atoms with van der Waals surface area (Å²) in [4.78, 5) is 31.4. The molecule has 5 fully saturated rings. The molecule has 0 radical (unpaired) electrons. The lowest BCUT2D eigenvalue weighted by molar-refractivity contribution is -0.249. The third-order valence-electron chi connectivity index (χ3n) is 14.2. The van der Waals surface area contributed by atoms with E-state index >= 15 is 0 Å². The monoisotopic (exact) mass is 596 g/mol. The smallest absolute Gasteiger partial charge is 0.461 e. The molecule has 234 valence electrons. The van der Waals surface area contributed by atoms with Crippen LogP contribution in [0.4, 0.5) is 0 Å². The van der Waals surface area contributed by atoms with Gasteiger partial charge < -0.3 is 24.7 Å². The van der Waals surface area contributed by atoms with E-state index in [0.29, 0.717) is 36.0 Å². The number of aliphatic hydroxyl groups excluding tert-OH is 1. The van der Waals surface area contributed by atoms with Crippen molar-refractivity contribution >= 4 is 13.8 Å². The van der Waals surface area contributed by atoms with E-state index in [2.05, 4.69) is 48.1 Å². The number of allylic oxidation sites excluding steroid dienone is 1. The number of carbonyl (C=O) groups excluding carboxylic acids is 1. The molecule has 0 amide bonds. The summed E-state index contributed by atoms with van der Waals surface area (Å²) in [5.74, 6) is 1.03. The molecule has 7 unspecified atom stereocenters. The largest absolute Gasteiger partial charge is 0.469 e. The molecule has 0 bridgehead atoms. The standard InChI is InChI=1S/C32H53O8P/c1-19(2)20-10-15-32(18-39-27(35)26(33)34)17-16-30(6)21(25(20)32)8-9-23-29(5)13-12-24(40-41(36,37)38)28(3,4)22(29)11-14-31(23,30)7/h20-26,33-34H,1,8-18H2,2-7H3,(H2,36,37,38)/t20?,21?,22?,23?,24?,25?,29-,30-,31+,32?/m0/s1. The number of aliphatic hydroxyl groups is 2. The molecule has 5 saturated carbocycles. The zero-order valence-corrected chi connectivity index (χ0v) is 26.8. The SMILES string of the molecule is C=C(C)C1CCC2(COC(=O)C(O)O)CC[C@@]3(C)C(CCC4[C@@]5(C)CCC(OP(=O)(O)O)C(C)(C)C5CC[C@]43C)C12. The molecule has 0 heterocycles. The Balaban J connectivity index is 1.47. The lowest BCUT2D eigenvalue weighted by Crippen LogP contribution is -2.67. The van der Waals surface area contributed by atoms with Gasteiger partial charge in [0.05, 0.1) is 12.7 Å². The van der Waals surface area contributed by atoms with Crippen LogP contribution in [0.3, 0.4) is 0 Å². The Morgan fingerprint density at radius 3 is 2.20 bits per heavy atom. The molecule has 0 aromatic carbocycles. The number of hydrogen-bond donors (Lipinski definition) is 4. The minimum absolute atomic E-state index is 0.0595. The molecule has 4 N–H and O–H groups in total. The van der Waals surface area contributed by atoms with Crippen LogP contribution >= 0.6 is 7.82 Å². The van der Waals surface area contributed by atoms with Crippen LogP contribution in [0.25, 0.3) is 0 Å². The summed E-state index contributed by atoms with van der Waals surface area (Å²) < 4.78 is 22.8. The average Bonchev–Trinajstić information content (AvgIpc) is 3.24. The van der Waals surface area contributed by atoms with Gasteiger partial charge in [-0.2, -0.15) is 0 Å². The Bertz CT molecular complexity index is 1110. The van der Waals surface area contributed by atoms with Gasteiger partial charge in [-0.1, -0.05) is 46.8 Å². The molecule has 0 aromatic heterocycles. The van der Waals surface area contributed by atoms with Gasteiger partial charge in [0.1, 0.15) is 0 Å². The van der Waals surface area contributed by atoms with Crippen molar-refractivity contribution in [3.05, 3.63) is 12.2 Å². The number of esters is 1. The summed E-state index contributed by atoms with van der Waals surface area (Å²) in [5.41, 5.74) is 0.961. The van der Waals surface area contributed by atoms with E-state index in [0.717, 1.165) is 57.8 Å². The highest BCUT2D eigenvalue weighted by Gasteiger charge is 2.71. The van der Waals surface area contributed by atoms with Gasteiger partial charge in [-0.3, -0.25) is 4.52 Å². The third kappa shape index (κ3) is 4.73. The average molecular weight is 597 g/mol. The van der Waals surface area contributed by atoms with Gasteiger partial charge in [-0.25, -0.2) is 9.36 Å². The molecule has 5 aliphatic carbocycles. The van der Waals surface area contributed by atoms with Gasteiger partial charge in [-0.15, -0.1) is 0 Å². The van der Waals surface area contributed by atoms with E-state index in [9.17, 15) is 29.4 Å². The van der Waals surface area contributed by atoms with Crippen LogP contribution in [-0.2, 0) is 18.6 Å². The van der Waals surface area contributed by atoms with Crippen LogP contribution < -0.4 is 0 Å². The van der Waals surface area contributed by atoms with Gasteiger partial charge in [0.15, 0.2) is 0 Å². The fraction of sp³-hybridized carbons (Fsp3) is 0.906. The van der Waals surface area contributed by atoms with Crippen LogP contribution in [-0.4, -0.2) is 45.0 Å². The van der Waals surface area contributed by atoms with Crippen LogP contribution in [0.15, 0.2) is 12.2 Å². The summed E-state index contributed by atoms with van der Waals surface area (Å²) in [6, 6.07) is 0. The maximum Gasteiger partial charge on any atom is 0.469 e. The first-order chi connectivity index (χ1) is 18.8. The summed E-state index contributed by atoms with van der Waals surface area (Å²) in [6.45, 7) is 18.6. The number of ether oxygens (including phenoxy) is 1. The molecule has 0 saturated heterocycles.